The first kappa shape index (κ1) is 24.8. The van der Waals surface area contributed by atoms with Crippen LogP contribution >= 0.6 is 0 Å². The lowest BCUT2D eigenvalue weighted by Gasteiger charge is -2.13. The van der Waals surface area contributed by atoms with Crippen LogP contribution in [0.5, 0.6) is 11.5 Å². The van der Waals surface area contributed by atoms with Crippen molar-refractivity contribution in [2.45, 2.75) is 25.7 Å². The summed E-state index contributed by atoms with van der Waals surface area (Å²) in [6.07, 6.45) is 1.43. The maximum atomic E-state index is 12.8. The zero-order valence-electron chi connectivity index (χ0n) is 19.5. The molecule has 3 rings (SSSR count). The van der Waals surface area contributed by atoms with Gasteiger partial charge in [0.2, 0.25) is 0 Å². The molecule has 3 aromatic carbocycles. The van der Waals surface area contributed by atoms with E-state index < -0.39 is 10.1 Å². The summed E-state index contributed by atoms with van der Waals surface area (Å²) in [6, 6.07) is 17.5. The number of carbonyl (C=O) groups is 1. The Labute approximate surface area is 199 Å². The molecule has 0 unspecified atom stereocenters. The summed E-state index contributed by atoms with van der Waals surface area (Å²) in [5, 5.41) is 6.95. The number of hydrogen-bond donors (Lipinski definition) is 2. The van der Waals surface area contributed by atoms with Crippen LogP contribution in [0.15, 0.2) is 70.7 Å². The molecule has 0 saturated heterocycles. The first-order valence-electron chi connectivity index (χ1n) is 10.5. The number of methoxy groups -OCH3 is 1. The normalized spacial score (nSPS) is 11.3. The third kappa shape index (κ3) is 6.58. The van der Waals surface area contributed by atoms with Gasteiger partial charge in [-0.2, -0.15) is 13.5 Å². The van der Waals surface area contributed by atoms with Gasteiger partial charge in [-0.3, -0.25) is 4.79 Å². The number of ether oxygens (including phenoxy) is 1. The highest BCUT2D eigenvalue weighted by Crippen LogP contribution is 2.31. The fourth-order valence-corrected chi connectivity index (χ4v) is 4.30. The van der Waals surface area contributed by atoms with E-state index in [-0.39, 0.29) is 28.8 Å². The number of benzene rings is 3. The topological polar surface area (TPSA) is 106 Å². The van der Waals surface area contributed by atoms with Gasteiger partial charge in [-0.05, 0) is 73.9 Å². The summed E-state index contributed by atoms with van der Waals surface area (Å²) in [6.45, 7) is 5.57. The maximum absolute atomic E-state index is 12.8. The molecule has 178 valence electrons. The largest absolute Gasteiger partial charge is 0.493 e. The Balaban J connectivity index is 1.64. The highest BCUT2D eigenvalue weighted by molar-refractivity contribution is 7.87. The molecule has 34 heavy (non-hydrogen) atoms. The molecule has 0 aliphatic heterocycles. The molecule has 2 N–H and O–H groups in total. The van der Waals surface area contributed by atoms with E-state index in [0.717, 1.165) is 16.8 Å². The van der Waals surface area contributed by atoms with Crippen molar-refractivity contribution in [3.8, 4) is 11.5 Å². The van der Waals surface area contributed by atoms with Gasteiger partial charge in [-0.1, -0.05) is 29.8 Å². The molecule has 1 amide bonds. The van der Waals surface area contributed by atoms with Crippen LogP contribution in [0, 0.1) is 20.8 Å². The van der Waals surface area contributed by atoms with Gasteiger partial charge in [0.1, 0.15) is 4.90 Å². The van der Waals surface area contributed by atoms with E-state index in [9.17, 15) is 13.2 Å². The van der Waals surface area contributed by atoms with Crippen LogP contribution < -0.4 is 19.7 Å². The molecule has 0 aliphatic carbocycles. The SMILES string of the molecule is COc1cc(/C=N\NC(=O)CNc2ccc(C)cc2)ccc1OS(=O)(=O)c1cc(C)ccc1C. The lowest BCUT2D eigenvalue weighted by molar-refractivity contribution is -0.119. The second kappa shape index (κ2) is 10.8. The highest BCUT2D eigenvalue weighted by Gasteiger charge is 2.21. The molecule has 0 aliphatic rings. The van der Waals surface area contributed by atoms with Crippen LogP contribution in [0.3, 0.4) is 0 Å². The van der Waals surface area contributed by atoms with Gasteiger partial charge in [0.15, 0.2) is 11.5 Å². The van der Waals surface area contributed by atoms with Crippen molar-refractivity contribution in [2.24, 2.45) is 5.10 Å². The van der Waals surface area contributed by atoms with E-state index in [1.54, 1.807) is 31.2 Å². The molecule has 9 heteroatoms. The van der Waals surface area contributed by atoms with Gasteiger partial charge in [0.05, 0.1) is 19.9 Å². The maximum Gasteiger partial charge on any atom is 0.339 e. The quantitative estimate of drug-likeness (QED) is 0.272. The van der Waals surface area contributed by atoms with Gasteiger partial charge >= 0.3 is 10.1 Å². The third-order valence-electron chi connectivity index (χ3n) is 4.91. The third-order valence-corrected chi connectivity index (χ3v) is 6.29. The average Bonchev–Trinajstić information content (AvgIpc) is 2.81. The number of hydrazone groups is 1. The smallest absolute Gasteiger partial charge is 0.339 e. The molecule has 0 atom stereocenters. The number of nitrogens with one attached hydrogen (secondary N) is 2. The number of hydrogen-bond acceptors (Lipinski definition) is 7. The minimum atomic E-state index is -4.05. The molecule has 3 aromatic rings. The monoisotopic (exact) mass is 481 g/mol. The number of anilines is 1. The van der Waals surface area contributed by atoms with E-state index in [1.165, 1.54) is 19.4 Å². The summed E-state index contributed by atoms with van der Waals surface area (Å²) in [5.41, 5.74) is 6.38. The van der Waals surface area contributed by atoms with E-state index in [1.807, 2.05) is 44.2 Å². The molecule has 0 bridgehead atoms. The Bertz CT molecular complexity index is 1300. The minimum Gasteiger partial charge on any atom is -0.493 e. The Morgan fingerprint density at radius 2 is 1.65 bits per heavy atom. The summed E-state index contributed by atoms with van der Waals surface area (Å²) < 4.78 is 36.2. The molecular weight excluding hydrogens is 454 g/mol. The Morgan fingerprint density at radius 1 is 0.941 bits per heavy atom. The van der Waals surface area contributed by atoms with E-state index in [2.05, 4.69) is 15.8 Å². The molecule has 0 saturated carbocycles. The van der Waals surface area contributed by atoms with Crippen molar-refractivity contribution in [3.63, 3.8) is 0 Å². The summed E-state index contributed by atoms with van der Waals surface area (Å²) >= 11 is 0. The predicted molar refractivity (Wildman–Crippen MR) is 132 cm³/mol. The first-order chi connectivity index (χ1) is 16.2. The summed E-state index contributed by atoms with van der Waals surface area (Å²) in [4.78, 5) is 12.1. The second-order valence-electron chi connectivity index (χ2n) is 7.73. The van der Waals surface area contributed by atoms with E-state index in [4.69, 9.17) is 8.92 Å². The average molecular weight is 482 g/mol. The lowest BCUT2D eigenvalue weighted by Crippen LogP contribution is -2.25. The molecule has 0 fully saturated rings. The van der Waals surface area contributed by atoms with Crippen molar-refractivity contribution in [1.82, 2.24) is 5.43 Å². The van der Waals surface area contributed by atoms with Crippen molar-refractivity contribution < 1.29 is 22.1 Å². The van der Waals surface area contributed by atoms with Crippen LogP contribution in [-0.4, -0.2) is 34.2 Å². The summed E-state index contributed by atoms with van der Waals surface area (Å²) in [7, 11) is -2.64. The number of aryl methyl sites for hydroxylation is 3. The van der Waals surface area contributed by atoms with Crippen LogP contribution in [0.1, 0.15) is 22.3 Å². The van der Waals surface area contributed by atoms with Crippen molar-refractivity contribution in [1.29, 1.82) is 0 Å². The van der Waals surface area contributed by atoms with Crippen LogP contribution in [-0.2, 0) is 14.9 Å². The summed E-state index contributed by atoms with van der Waals surface area (Å²) in [5.74, 6) is -0.0551. The first-order valence-corrected chi connectivity index (χ1v) is 11.9. The fraction of sp³-hybridized carbons (Fsp3) is 0.200. The molecule has 0 radical (unpaired) electrons. The van der Waals surface area contributed by atoms with Crippen molar-refractivity contribution in [2.75, 3.05) is 19.0 Å². The van der Waals surface area contributed by atoms with Gasteiger partial charge in [0.25, 0.3) is 5.91 Å². The molecule has 0 aromatic heterocycles. The predicted octanol–water partition coefficient (Wildman–Crippen LogP) is 3.95. The zero-order valence-corrected chi connectivity index (χ0v) is 20.3. The van der Waals surface area contributed by atoms with Gasteiger partial charge in [-0.15, -0.1) is 0 Å². The van der Waals surface area contributed by atoms with Crippen LogP contribution in [0.25, 0.3) is 0 Å². The molecular formula is C25H27N3O5S. The van der Waals surface area contributed by atoms with E-state index >= 15 is 0 Å². The lowest BCUT2D eigenvalue weighted by atomic mass is 10.2. The number of carbonyl (C=O) groups excluding carboxylic acids is 1. The van der Waals surface area contributed by atoms with Crippen molar-refractivity contribution >= 4 is 27.9 Å². The van der Waals surface area contributed by atoms with Gasteiger partial charge in [-0.25, -0.2) is 5.43 Å². The second-order valence-corrected chi connectivity index (χ2v) is 9.24. The van der Waals surface area contributed by atoms with Gasteiger partial charge < -0.3 is 14.2 Å². The van der Waals surface area contributed by atoms with Gasteiger partial charge in [0, 0.05) is 5.69 Å². The molecule has 0 spiro atoms. The Hall–Kier alpha value is -3.85. The standard InChI is InChI=1S/C25H27N3O5S/c1-17-6-10-21(11-7-17)26-16-25(29)28-27-15-20-9-12-22(23(14-20)32-4)33-34(30,31)24-13-18(2)5-8-19(24)3/h5-15,26H,16H2,1-4H3,(H,28,29)/b27-15-. The number of amides is 1. The van der Waals surface area contributed by atoms with Crippen LogP contribution in [0.2, 0.25) is 0 Å². The molecule has 8 nitrogen and oxygen atoms in total. The highest BCUT2D eigenvalue weighted by atomic mass is 32.2. The minimum absolute atomic E-state index is 0.0480. The number of rotatable bonds is 9. The van der Waals surface area contributed by atoms with Crippen LogP contribution in [0.4, 0.5) is 5.69 Å². The van der Waals surface area contributed by atoms with Crippen molar-refractivity contribution in [3.05, 3.63) is 82.9 Å². The Morgan fingerprint density at radius 3 is 2.35 bits per heavy atom. The fourth-order valence-electron chi connectivity index (χ4n) is 3.05. The number of nitrogens with zero attached hydrogens (tertiary/aromatic N) is 1. The molecule has 0 heterocycles. The Kier molecular flexibility index (Phi) is 7.91. The van der Waals surface area contributed by atoms with E-state index in [0.29, 0.717) is 11.1 Å². The zero-order chi connectivity index (χ0) is 24.7.